The third-order valence-electron chi connectivity index (χ3n) is 2.47. The number of amides is 1. The fraction of sp³-hybridized carbons (Fsp3) is 0.333. The zero-order chi connectivity index (χ0) is 13.5. The van der Waals surface area contributed by atoms with Crippen LogP contribution in [0, 0.1) is 0 Å². The van der Waals surface area contributed by atoms with Crippen molar-refractivity contribution in [3.05, 3.63) is 36.2 Å². The molecule has 1 amide bonds. The Morgan fingerprint density at radius 1 is 1.42 bits per heavy atom. The Kier molecular flexibility index (Phi) is 4.44. The van der Waals surface area contributed by atoms with Crippen LogP contribution < -0.4 is 10.1 Å². The molecule has 0 aliphatic rings. The van der Waals surface area contributed by atoms with E-state index in [9.17, 15) is 4.79 Å². The normalized spacial score (nSPS) is 11.8. The van der Waals surface area contributed by atoms with E-state index in [1.165, 1.54) is 0 Å². The van der Waals surface area contributed by atoms with Gasteiger partial charge >= 0.3 is 0 Å². The summed E-state index contributed by atoms with van der Waals surface area (Å²) in [5, 5.41) is 16.2. The Hall–Kier alpha value is -2.44. The topological polar surface area (TPSA) is 92.8 Å². The molecule has 1 aromatic heterocycles. The summed E-state index contributed by atoms with van der Waals surface area (Å²) in [6.07, 6.45) is 0.275. The highest BCUT2D eigenvalue weighted by Gasteiger charge is 2.13. The van der Waals surface area contributed by atoms with Gasteiger partial charge in [-0.25, -0.2) is 0 Å². The van der Waals surface area contributed by atoms with Crippen molar-refractivity contribution in [1.29, 1.82) is 0 Å². The third-order valence-corrected chi connectivity index (χ3v) is 2.47. The van der Waals surface area contributed by atoms with Crippen molar-refractivity contribution in [3.8, 4) is 5.75 Å². The molecule has 100 valence electrons. The van der Waals surface area contributed by atoms with E-state index in [-0.39, 0.29) is 18.4 Å². The van der Waals surface area contributed by atoms with Gasteiger partial charge in [-0.3, -0.25) is 4.79 Å². The molecule has 7 heteroatoms. The Morgan fingerprint density at radius 3 is 2.89 bits per heavy atom. The second-order valence-electron chi connectivity index (χ2n) is 3.97. The van der Waals surface area contributed by atoms with Crippen LogP contribution in [0.2, 0.25) is 0 Å². The number of carbonyl (C=O) groups excluding carboxylic acids is 1. The minimum atomic E-state index is -0.275. The van der Waals surface area contributed by atoms with Crippen molar-refractivity contribution in [2.45, 2.75) is 19.4 Å². The first-order valence-corrected chi connectivity index (χ1v) is 5.96. The number of hydrogen-bond donors (Lipinski definition) is 2. The van der Waals surface area contributed by atoms with Gasteiger partial charge in [0.15, 0.2) is 5.82 Å². The molecule has 2 aromatic rings. The van der Waals surface area contributed by atoms with Crippen LogP contribution in [0.25, 0.3) is 0 Å². The summed E-state index contributed by atoms with van der Waals surface area (Å²) in [7, 11) is 0. The van der Waals surface area contributed by atoms with Gasteiger partial charge in [0.1, 0.15) is 5.75 Å². The van der Waals surface area contributed by atoms with Crippen molar-refractivity contribution in [3.63, 3.8) is 0 Å². The summed E-state index contributed by atoms with van der Waals surface area (Å²) >= 11 is 0. The van der Waals surface area contributed by atoms with Gasteiger partial charge < -0.3 is 10.1 Å². The van der Waals surface area contributed by atoms with Gasteiger partial charge in [-0.2, -0.15) is 5.21 Å². The number of nitrogens with one attached hydrogen (secondary N) is 2. The molecule has 0 spiro atoms. The number of hydrogen-bond acceptors (Lipinski definition) is 5. The van der Waals surface area contributed by atoms with Crippen molar-refractivity contribution in [2.75, 3.05) is 6.61 Å². The van der Waals surface area contributed by atoms with Gasteiger partial charge in [-0.15, -0.1) is 10.2 Å². The van der Waals surface area contributed by atoms with E-state index in [1.807, 2.05) is 30.3 Å². The van der Waals surface area contributed by atoms with Crippen LogP contribution in [0.3, 0.4) is 0 Å². The molecule has 0 fully saturated rings. The first-order chi connectivity index (χ1) is 9.25. The lowest BCUT2D eigenvalue weighted by molar-refractivity contribution is -0.122. The minimum absolute atomic E-state index is 0.117. The monoisotopic (exact) mass is 261 g/mol. The van der Waals surface area contributed by atoms with Gasteiger partial charge in [0, 0.05) is 0 Å². The van der Waals surface area contributed by atoms with Crippen molar-refractivity contribution in [2.24, 2.45) is 0 Å². The summed E-state index contributed by atoms with van der Waals surface area (Å²) in [4.78, 5) is 11.7. The predicted molar refractivity (Wildman–Crippen MR) is 67.3 cm³/mol. The number of H-pyrrole nitrogens is 1. The number of para-hydroxylation sites is 1. The summed E-state index contributed by atoms with van der Waals surface area (Å²) in [5.74, 6) is 1.09. The first kappa shape index (κ1) is 13.0. The van der Waals surface area contributed by atoms with E-state index in [0.717, 1.165) is 5.75 Å². The predicted octanol–water partition coefficient (Wildman–Crippen LogP) is 0.846. The third kappa shape index (κ3) is 4.06. The molecule has 0 saturated carbocycles. The highest BCUT2D eigenvalue weighted by atomic mass is 16.5. The lowest BCUT2D eigenvalue weighted by atomic mass is 10.3. The van der Waals surface area contributed by atoms with E-state index in [0.29, 0.717) is 12.4 Å². The molecule has 0 aliphatic heterocycles. The maximum Gasteiger partial charge on any atom is 0.224 e. The van der Waals surface area contributed by atoms with Crippen LogP contribution in [-0.4, -0.2) is 33.1 Å². The van der Waals surface area contributed by atoms with Crippen molar-refractivity contribution >= 4 is 5.91 Å². The smallest absolute Gasteiger partial charge is 0.224 e. The van der Waals surface area contributed by atoms with Gasteiger partial charge in [-0.1, -0.05) is 23.4 Å². The lowest BCUT2D eigenvalue weighted by Gasteiger charge is -2.10. The number of rotatable bonds is 6. The highest BCUT2D eigenvalue weighted by Crippen LogP contribution is 2.08. The fourth-order valence-corrected chi connectivity index (χ4v) is 1.51. The van der Waals surface area contributed by atoms with E-state index in [1.54, 1.807) is 6.92 Å². The molecular formula is C12H15N5O2. The first-order valence-electron chi connectivity index (χ1n) is 5.96. The highest BCUT2D eigenvalue weighted by molar-refractivity contribution is 5.76. The fourth-order valence-electron chi connectivity index (χ4n) is 1.51. The van der Waals surface area contributed by atoms with E-state index in [2.05, 4.69) is 25.9 Å². The quantitative estimate of drug-likeness (QED) is 0.804. The number of nitrogens with zero attached hydrogens (tertiary/aromatic N) is 3. The Bertz CT molecular complexity index is 500. The zero-order valence-corrected chi connectivity index (χ0v) is 10.5. The molecule has 0 radical (unpaired) electrons. The SMILES string of the molecule is CC(NC(=O)CCOc1ccccc1)c1nn[nH]n1. The van der Waals surface area contributed by atoms with Crippen LogP contribution in [0.4, 0.5) is 0 Å². The maximum absolute atomic E-state index is 11.7. The van der Waals surface area contributed by atoms with E-state index >= 15 is 0 Å². The maximum atomic E-state index is 11.7. The number of aromatic nitrogens is 4. The van der Waals surface area contributed by atoms with Crippen LogP contribution in [-0.2, 0) is 4.79 Å². The Balaban J connectivity index is 1.70. The van der Waals surface area contributed by atoms with E-state index in [4.69, 9.17) is 4.74 Å². The number of tetrazole rings is 1. The van der Waals surface area contributed by atoms with Gasteiger partial charge in [-0.05, 0) is 19.1 Å². The molecule has 1 heterocycles. The molecular weight excluding hydrogens is 246 g/mol. The summed E-state index contributed by atoms with van der Waals surface area (Å²) in [6, 6.07) is 9.09. The molecule has 2 rings (SSSR count). The Morgan fingerprint density at radius 2 is 2.21 bits per heavy atom. The van der Waals surface area contributed by atoms with Crippen LogP contribution in [0.15, 0.2) is 30.3 Å². The zero-order valence-electron chi connectivity index (χ0n) is 10.5. The Labute approximate surface area is 110 Å². The second kappa shape index (κ2) is 6.48. The van der Waals surface area contributed by atoms with Gasteiger partial charge in [0.25, 0.3) is 0 Å². The summed E-state index contributed by atoms with van der Waals surface area (Å²) < 4.78 is 5.44. The van der Waals surface area contributed by atoms with Gasteiger partial charge in [0.05, 0.1) is 19.1 Å². The molecule has 1 aromatic carbocycles. The number of carbonyl (C=O) groups is 1. The summed E-state index contributed by atoms with van der Waals surface area (Å²) in [6.45, 7) is 2.12. The molecule has 0 saturated heterocycles. The molecule has 2 N–H and O–H groups in total. The molecule has 1 unspecified atom stereocenters. The molecule has 0 bridgehead atoms. The van der Waals surface area contributed by atoms with Crippen LogP contribution >= 0.6 is 0 Å². The minimum Gasteiger partial charge on any atom is -0.493 e. The standard InChI is InChI=1S/C12H15N5O2/c1-9(12-14-16-17-15-12)13-11(18)7-8-19-10-5-3-2-4-6-10/h2-6,9H,7-8H2,1H3,(H,13,18)(H,14,15,16,17). The molecule has 7 nitrogen and oxygen atoms in total. The largest absolute Gasteiger partial charge is 0.493 e. The van der Waals surface area contributed by atoms with E-state index < -0.39 is 0 Å². The lowest BCUT2D eigenvalue weighted by Crippen LogP contribution is -2.28. The van der Waals surface area contributed by atoms with Crippen LogP contribution in [0.5, 0.6) is 5.75 Å². The van der Waals surface area contributed by atoms with Gasteiger partial charge in [0.2, 0.25) is 5.91 Å². The molecule has 0 aliphatic carbocycles. The molecule has 19 heavy (non-hydrogen) atoms. The number of ether oxygens (including phenoxy) is 1. The number of benzene rings is 1. The molecule has 1 atom stereocenters. The summed E-state index contributed by atoms with van der Waals surface area (Å²) in [5.41, 5.74) is 0. The number of aromatic amines is 1. The van der Waals surface area contributed by atoms with Crippen molar-refractivity contribution < 1.29 is 9.53 Å². The van der Waals surface area contributed by atoms with Crippen molar-refractivity contribution in [1.82, 2.24) is 25.9 Å². The van der Waals surface area contributed by atoms with Crippen LogP contribution in [0.1, 0.15) is 25.2 Å². The average molecular weight is 261 g/mol. The average Bonchev–Trinajstić information content (AvgIpc) is 2.94. The second-order valence-corrected chi connectivity index (χ2v) is 3.97.